The van der Waals surface area contributed by atoms with Gasteiger partial charge in [0.15, 0.2) is 11.5 Å². The maximum absolute atomic E-state index is 13.8. The van der Waals surface area contributed by atoms with E-state index in [1.807, 2.05) is 30.0 Å². The highest BCUT2D eigenvalue weighted by atomic mass is 35.5. The minimum absolute atomic E-state index is 0.0454. The fourth-order valence-electron chi connectivity index (χ4n) is 5.43. The molecule has 6 rings (SSSR count). The van der Waals surface area contributed by atoms with Crippen molar-refractivity contribution in [1.82, 2.24) is 14.5 Å². The van der Waals surface area contributed by atoms with Gasteiger partial charge in [0.2, 0.25) is 11.8 Å². The molecule has 9 nitrogen and oxygen atoms in total. The molecule has 3 aliphatic heterocycles. The van der Waals surface area contributed by atoms with Gasteiger partial charge in [0.25, 0.3) is 11.8 Å². The summed E-state index contributed by atoms with van der Waals surface area (Å²) < 4.78 is 6.96. The summed E-state index contributed by atoms with van der Waals surface area (Å²) in [5.41, 5.74) is 10.2. The predicted octanol–water partition coefficient (Wildman–Crippen LogP) is 3.33. The Bertz CT molecular complexity index is 1400. The maximum Gasteiger partial charge on any atom is 0.284 e. The number of anilines is 1. The molecule has 1 aliphatic carbocycles. The van der Waals surface area contributed by atoms with Crippen LogP contribution in [0.15, 0.2) is 69.6 Å². The number of aliphatic imine (C=N–C) groups is 1. The fraction of sp³-hybridized carbons (Fsp3) is 0.308. The molecule has 0 unspecified atom stereocenters. The average molecular weight is 505 g/mol. The number of carbonyl (C=O) groups excluding carboxylic acids is 2. The number of benzene rings is 1. The highest BCUT2D eigenvalue weighted by Crippen LogP contribution is 2.42. The molecule has 1 aromatic carbocycles. The molecule has 184 valence electrons. The van der Waals surface area contributed by atoms with Crippen molar-refractivity contribution in [2.75, 3.05) is 18.0 Å². The molecule has 2 N–H and O–H groups in total. The third kappa shape index (κ3) is 3.53. The van der Waals surface area contributed by atoms with Crippen LogP contribution in [-0.4, -0.2) is 51.4 Å². The summed E-state index contributed by atoms with van der Waals surface area (Å²) in [4.78, 5) is 39.3. The SMILES string of the molecule is CCN1C(=O)c2c(nc(C(N)=O)n2CC2=C3C(Cl)=COC=C3CC2)N2C[C@@H](Cc3ccccc3)N=C12. The smallest absolute Gasteiger partial charge is 0.284 e. The molecule has 4 aliphatic rings. The van der Waals surface area contributed by atoms with Gasteiger partial charge in [-0.05, 0) is 42.9 Å². The summed E-state index contributed by atoms with van der Waals surface area (Å²) in [6.07, 6.45) is 5.44. The van der Waals surface area contributed by atoms with Gasteiger partial charge in [-0.2, -0.15) is 0 Å². The molecule has 2 aromatic rings. The van der Waals surface area contributed by atoms with Crippen molar-refractivity contribution in [2.24, 2.45) is 10.7 Å². The molecular formula is C26H25ClN6O3. The molecule has 0 fully saturated rings. The molecule has 36 heavy (non-hydrogen) atoms. The maximum atomic E-state index is 13.8. The molecule has 4 heterocycles. The topological polar surface area (TPSA) is 106 Å². The second-order valence-electron chi connectivity index (χ2n) is 9.21. The number of hydrogen-bond acceptors (Lipinski definition) is 6. The Kier molecular flexibility index (Phi) is 5.44. The number of aromatic nitrogens is 2. The molecule has 2 amide bonds. The van der Waals surface area contributed by atoms with E-state index in [2.05, 4.69) is 17.1 Å². The van der Waals surface area contributed by atoms with Crippen LogP contribution in [0.5, 0.6) is 0 Å². The number of imidazole rings is 1. The molecule has 0 saturated heterocycles. The third-order valence-corrected chi connectivity index (χ3v) is 7.30. The van der Waals surface area contributed by atoms with E-state index < -0.39 is 5.91 Å². The van der Waals surface area contributed by atoms with Crippen LogP contribution in [-0.2, 0) is 17.7 Å². The van der Waals surface area contributed by atoms with Crippen LogP contribution in [0.2, 0.25) is 0 Å². The van der Waals surface area contributed by atoms with E-state index in [1.54, 1.807) is 15.7 Å². The molecular weight excluding hydrogens is 480 g/mol. The summed E-state index contributed by atoms with van der Waals surface area (Å²) in [6, 6.07) is 10.1. The molecule has 1 atom stereocenters. The summed E-state index contributed by atoms with van der Waals surface area (Å²) in [5, 5.41) is 0.508. The van der Waals surface area contributed by atoms with Gasteiger partial charge in [-0.3, -0.25) is 19.4 Å². The van der Waals surface area contributed by atoms with Gasteiger partial charge in [0.05, 0.1) is 23.9 Å². The number of rotatable bonds is 6. The Labute approximate surface area is 213 Å². The molecule has 1 aromatic heterocycles. The normalized spacial score (nSPS) is 20.4. The molecule has 0 radical (unpaired) electrons. The van der Waals surface area contributed by atoms with Gasteiger partial charge < -0.3 is 15.0 Å². The lowest BCUT2D eigenvalue weighted by Gasteiger charge is -2.33. The standard InChI is InChI=1S/C26H25ClN6O3/c1-2-31-25(35)21-23(33-12-18(29-26(31)33)10-15-6-4-3-5-7-15)30-24(22(28)34)32(21)11-16-8-9-17-13-36-14-19(27)20(16)17/h3-7,13-14,18H,2,8-12H2,1H3,(H2,28,34)/t18-/m1/s1. The lowest BCUT2D eigenvalue weighted by Crippen LogP contribution is -2.50. The minimum Gasteiger partial charge on any atom is -0.471 e. The number of fused-ring (bicyclic) bond motifs is 4. The van der Waals surface area contributed by atoms with Crippen molar-refractivity contribution < 1.29 is 14.3 Å². The van der Waals surface area contributed by atoms with Crippen LogP contribution in [0.4, 0.5) is 5.82 Å². The highest BCUT2D eigenvalue weighted by Gasteiger charge is 2.44. The number of ether oxygens (including phenoxy) is 1. The monoisotopic (exact) mass is 504 g/mol. The number of guanidine groups is 1. The van der Waals surface area contributed by atoms with Gasteiger partial charge in [-0.15, -0.1) is 0 Å². The number of hydrogen-bond donors (Lipinski definition) is 1. The van der Waals surface area contributed by atoms with Crippen molar-refractivity contribution >= 4 is 35.2 Å². The Morgan fingerprint density at radius 1 is 1.22 bits per heavy atom. The highest BCUT2D eigenvalue weighted by molar-refractivity contribution is 6.32. The van der Waals surface area contributed by atoms with Gasteiger partial charge in [0.1, 0.15) is 6.26 Å². The number of nitrogens with two attached hydrogens (primary N) is 1. The first-order chi connectivity index (χ1) is 17.5. The molecule has 0 bridgehead atoms. The average Bonchev–Trinajstić information content (AvgIpc) is 3.57. The number of carbonyl (C=O) groups is 2. The van der Waals surface area contributed by atoms with Gasteiger partial charge in [-0.25, -0.2) is 9.98 Å². The third-order valence-electron chi connectivity index (χ3n) is 7.02. The van der Waals surface area contributed by atoms with Crippen LogP contribution in [0, 0.1) is 0 Å². The van der Waals surface area contributed by atoms with Gasteiger partial charge >= 0.3 is 0 Å². The zero-order chi connectivity index (χ0) is 25.0. The van der Waals surface area contributed by atoms with Crippen LogP contribution >= 0.6 is 11.6 Å². The van der Waals surface area contributed by atoms with Crippen molar-refractivity contribution in [1.29, 1.82) is 0 Å². The molecule has 0 saturated carbocycles. The molecule has 10 heteroatoms. The summed E-state index contributed by atoms with van der Waals surface area (Å²) in [6.45, 7) is 3.20. The zero-order valence-corrected chi connectivity index (χ0v) is 20.5. The zero-order valence-electron chi connectivity index (χ0n) is 19.8. The summed E-state index contributed by atoms with van der Waals surface area (Å²) in [5.74, 6) is 0.123. The molecule has 0 spiro atoms. The lowest BCUT2D eigenvalue weighted by molar-refractivity contribution is 0.0836. The van der Waals surface area contributed by atoms with Crippen LogP contribution in [0.25, 0.3) is 0 Å². The van der Waals surface area contributed by atoms with Crippen LogP contribution in [0.1, 0.15) is 46.4 Å². The van der Waals surface area contributed by atoms with Gasteiger partial charge in [0, 0.05) is 18.7 Å². The van der Waals surface area contributed by atoms with E-state index in [4.69, 9.17) is 27.1 Å². The van der Waals surface area contributed by atoms with Crippen molar-refractivity contribution in [3.63, 3.8) is 0 Å². The van der Waals surface area contributed by atoms with Crippen LogP contribution < -0.4 is 10.6 Å². The first-order valence-electron chi connectivity index (χ1n) is 12.0. The number of primary amides is 1. The Morgan fingerprint density at radius 2 is 2.03 bits per heavy atom. The van der Waals surface area contributed by atoms with E-state index in [9.17, 15) is 9.59 Å². The number of allylic oxidation sites excluding steroid dienone is 4. The van der Waals surface area contributed by atoms with Crippen LogP contribution in [0.3, 0.4) is 0 Å². The Balaban J connectivity index is 1.41. The van der Waals surface area contributed by atoms with Crippen molar-refractivity contribution in [3.8, 4) is 0 Å². The van der Waals surface area contributed by atoms with Crippen molar-refractivity contribution in [3.05, 3.63) is 81.7 Å². The van der Waals surface area contributed by atoms with Gasteiger partial charge in [-0.1, -0.05) is 41.9 Å². The van der Waals surface area contributed by atoms with E-state index >= 15 is 0 Å². The summed E-state index contributed by atoms with van der Waals surface area (Å²) in [7, 11) is 0. The second kappa shape index (κ2) is 8.67. The number of amides is 2. The Morgan fingerprint density at radius 3 is 2.78 bits per heavy atom. The van der Waals surface area contributed by atoms with E-state index in [1.165, 1.54) is 11.8 Å². The first-order valence-corrected chi connectivity index (χ1v) is 12.4. The van der Waals surface area contributed by atoms with E-state index in [0.29, 0.717) is 35.6 Å². The summed E-state index contributed by atoms with van der Waals surface area (Å²) >= 11 is 6.45. The second-order valence-corrected chi connectivity index (χ2v) is 9.62. The Hall–Kier alpha value is -3.85. The number of nitrogens with zero attached hydrogens (tertiary/aromatic N) is 5. The van der Waals surface area contributed by atoms with E-state index in [0.717, 1.165) is 36.0 Å². The minimum atomic E-state index is -0.688. The van der Waals surface area contributed by atoms with Crippen molar-refractivity contribution in [2.45, 2.75) is 38.8 Å². The lowest BCUT2D eigenvalue weighted by atomic mass is 10.1. The quantitative estimate of drug-likeness (QED) is 0.649. The van der Waals surface area contributed by atoms with E-state index in [-0.39, 0.29) is 24.3 Å². The number of halogens is 1. The predicted molar refractivity (Wildman–Crippen MR) is 136 cm³/mol. The largest absolute Gasteiger partial charge is 0.471 e. The fourth-order valence-corrected chi connectivity index (χ4v) is 5.74. The first kappa shape index (κ1) is 22.6.